The molecule has 1 amide bonds. The maximum atomic E-state index is 12.6. The van der Waals surface area contributed by atoms with Crippen molar-refractivity contribution < 1.29 is 4.79 Å². The first-order valence-corrected chi connectivity index (χ1v) is 8.80. The summed E-state index contributed by atoms with van der Waals surface area (Å²) in [5.74, 6) is 0.383. The molecule has 3 nitrogen and oxygen atoms in total. The summed E-state index contributed by atoms with van der Waals surface area (Å²) in [4.78, 5) is 14.1. The van der Waals surface area contributed by atoms with Crippen LogP contribution in [0.2, 0.25) is 0 Å². The second-order valence-electron chi connectivity index (χ2n) is 6.56. The predicted molar refractivity (Wildman–Crippen MR) is 81.1 cm³/mol. The molecule has 4 heteroatoms. The van der Waals surface area contributed by atoms with Gasteiger partial charge in [0.05, 0.1) is 5.92 Å². The van der Waals surface area contributed by atoms with E-state index in [1.165, 1.54) is 23.3 Å². The van der Waals surface area contributed by atoms with Crippen molar-refractivity contribution in [3.05, 3.63) is 21.9 Å². The minimum atomic E-state index is 0.109. The van der Waals surface area contributed by atoms with Gasteiger partial charge in [0, 0.05) is 23.0 Å². The van der Waals surface area contributed by atoms with Gasteiger partial charge >= 0.3 is 0 Å². The summed E-state index contributed by atoms with van der Waals surface area (Å²) in [5, 5.41) is 9.12. The van der Waals surface area contributed by atoms with Gasteiger partial charge in [-0.25, -0.2) is 0 Å². The molecule has 1 aliphatic carbocycles. The Labute approximate surface area is 124 Å². The summed E-state index contributed by atoms with van der Waals surface area (Å²) >= 11 is 1.81. The lowest BCUT2D eigenvalue weighted by Gasteiger charge is -2.31. The maximum absolute atomic E-state index is 12.6. The fraction of sp³-hybridized carbons (Fsp3) is 0.688. The number of carbonyl (C=O) groups excluding carboxylic acids is 1. The van der Waals surface area contributed by atoms with Crippen molar-refractivity contribution in [2.45, 2.75) is 69.0 Å². The van der Waals surface area contributed by atoms with Crippen molar-refractivity contribution >= 4 is 17.2 Å². The van der Waals surface area contributed by atoms with Crippen LogP contribution in [-0.2, 0) is 11.2 Å². The van der Waals surface area contributed by atoms with Gasteiger partial charge in [-0.15, -0.1) is 11.3 Å². The first kappa shape index (κ1) is 12.8. The van der Waals surface area contributed by atoms with Crippen molar-refractivity contribution in [1.82, 2.24) is 10.6 Å². The van der Waals surface area contributed by atoms with Gasteiger partial charge in [-0.05, 0) is 62.0 Å². The van der Waals surface area contributed by atoms with Crippen molar-refractivity contribution in [3.8, 4) is 0 Å². The Morgan fingerprint density at radius 3 is 2.85 bits per heavy atom. The molecule has 4 rings (SSSR count). The van der Waals surface area contributed by atoms with Crippen LogP contribution in [0.5, 0.6) is 0 Å². The molecule has 1 aromatic heterocycles. The van der Waals surface area contributed by atoms with E-state index in [4.69, 9.17) is 0 Å². The van der Waals surface area contributed by atoms with Crippen molar-refractivity contribution in [2.24, 2.45) is 0 Å². The highest BCUT2D eigenvalue weighted by Crippen LogP contribution is 2.35. The molecule has 2 saturated heterocycles. The highest BCUT2D eigenvalue weighted by Gasteiger charge is 2.35. The van der Waals surface area contributed by atoms with Crippen LogP contribution in [0.25, 0.3) is 0 Å². The summed E-state index contributed by atoms with van der Waals surface area (Å²) in [5.41, 5.74) is 1.30. The summed E-state index contributed by atoms with van der Waals surface area (Å²) in [6.07, 6.45) is 8.14. The molecule has 0 radical (unpaired) electrons. The van der Waals surface area contributed by atoms with E-state index in [-0.39, 0.29) is 11.8 Å². The number of rotatable bonds is 2. The van der Waals surface area contributed by atoms with Crippen LogP contribution >= 0.6 is 11.3 Å². The van der Waals surface area contributed by atoms with Crippen LogP contribution in [0.1, 0.15) is 54.9 Å². The van der Waals surface area contributed by atoms with Crippen LogP contribution in [0.15, 0.2) is 11.4 Å². The Bertz CT molecular complexity index is 500. The molecule has 108 valence electrons. The Morgan fingerprint density at radius 1 is 1.25 bits per heavy atom. The summed E-state index contributed by atoms with van der Waals surface area (Å²) in [7, 11) is 0. The lowest BCUT2D eigenvalue weighted by molar-refractivity contribution is -0.123. The highest BCUT2D eigenvalue weighted by molar-refractivity contribution is 7.10. The van der Waals surface area contributed by atoms with Gasteiger partial charge in [0.1, 0.15) is 0 Å². The van der Waals surface area contributed by atoms with E-state index in [2.05, 4.69) is 22.1 Å². The average molecular weight is 290 g/mol. The lowest BCUT2D eigenvalue weighted by atomic mass is 9.86. The third-order valence-corrected chi connectivity index (χ3v) is 6.18. The molecule has 3 unspecified atom stereocenters. The summed E-state index contributed by atoms with van der Waals surface area (Å²) in [6.45, 7) is 0. The minimum Gasteiger partial charge on any atom is -0.353 e. The zero-order valence-corrected chi connectivity index (χ0v) is 12.5. The van der Waals surface area contributed by atoms with Gasteiger partial charge in [-0.2, -0.15) is 0 Å². The number of carbonyl (C=O) groups is 1. The fourth-order valence-corrected chi connectivity index (χ4v) is 5.22. The molecule has 1 aromatic rings. The van der Waals surface area contributed by atoms with Crippen molar-refractivity contribution in [3.63, 3.8) is 0 Å². The molecule has 20 heavy (non-hydrogen) atoms. The molecular weight excluding hydrogens is 268 g/mol. The molecule has 2 aliphatic heterocycles. The Balaban J connectivity index is 1.44. The molecule has 2 bridgehead atoms. The topological polar surface area (TPSA) is 41.1 Å². The third-order valence-electron chi connectivity index (χ3n) is 5.19. The van der Waals surface area contributed by atoms with E-state index in [1.54, 1.807) is 0 Å². The zero-order valence-electron chi connectivity index (χ0n) is 11.7. The molecule has 0 spiro atoms. The van der Waals surface area contributed by atoms with E-state index in [0.717, 1.165) is 32.1 Å². The third kappa shape index (κ3) is 2.29. The number of amides is 1. The fourth-order valence-electron chi connectivity index (χ4n) is 4.24. The first-order valence-electron chi connectivity index (χ1n) is 7.92. The van der Waals surface area contributed by atoms with Crippen molar-refractivity contribution in [2.75, 3.05) is 0 Å². The number of piperidine rings is 1. The highest BCUT2D eigenvalue weighted by atomic mass is 32.1. The van der Waals surface area contributed by atoms with Gasteiger partial charge in [0.15, 0.2) is 0 Å². The number of aryl methyl sites for hydroxylation is 1. The summed E-state index contributed by atoms with van der Waals surface area (Å²) < 4.78 is 0. The molecule has 0 aromatic carbocycles. The minimum absolute atomic E-state index is 0.109. The zero-order chi connectivity index (χ0) is 13.5. The number of fused-ring (bicyclic) bond motifs is 3. The van der Waals surface area contributed by atoms with Crippen LogP contribution in [0, 0.1) is 0 Å². The number of thiophene rings is 1. The van der Waals surface area contributed by atoms with Crippen LogP contribution in [-0.4, -0.2) is 24.0 Å². The Kier molecular flexibility index (Phi) is 3.31. The first-order chi connectivity index (χ1) is 9.79. The molecule has 2 N–H and O–H groups in total. The predicted octanol–water partition coefficient (Wildman–Crippen LogP) is 2.57. The molecular formula is C16H22N2OS. The van der Waals surface area contributed by atoms with E-state index in [0.29, 0.717) is 18.1 Å². The molecule has 0 saturated carbocycles. The molecule has 3 atom stereocenters. The Hall–Kier alpha value is -0.870. The van der Waals surface area contributed by atoms with Gasteiger partial charge < -0.3 is 10.6 Å². The molecule has 3 aliphatic rings. The Morgan fingerprint density at radius 2 is 2.05 bits per heavy atom. The van der Waals surface area contributed by atoms with Crippen LogP contribution in [0.3, 0.4) is 0 Å². The lowest BCUT2D eigenvalue weighted by Crippen LogP contribution is -2.49. The summed E-state index contributed by atoms with van der Waals surface area (Å²) in [6, 6.07) is 3.84. The standard InChI is InChI=1S/C16H22N2OS/c19-16(14-2-1-3-15-13(14)6-7-20-15)18-12-8-10-4-5-11(9-12)17-10/h6-7,10-12,14,17H,1-5,8-9H2,(H,18,19). The van der Waals surface area contributed by atoms with E-state index >= 15 is 0 Å². The number of nitrogens with one attached hydrogen (secondary N) is 2. The van der Waals surface area contributed by atoms with Crippen molar-refractivity contribution in [1.29, 1.82) is 0 Å². The normalized spacial score (nSPS) is 35.6. The quantitative estimate of drug-likeness (QED) is 0.879. The van der Waals surface area contributed by atoms with Gasteiger partial charge in [-0.3, -0.25) is 4.79 Å². The van der Waals surface area contributed by atoms with Gasteiger partial charge in [0.2, 0.25) is 5.91 Å². The smallest absolute Gasteiger partial charge is 0.227 e. The van der Waals surface area contributed by atoms with E-state index < -0.39 is 0 Å². The largest absolute Gasteiger partial charge is 0.353 e. The maximum Gasteiger partial charge on any atom is 0.227 e. The SMILES string of the molecule is O=C(NC1CC2CCC(C1)N2)C1CCCc2sccc21. The molecule has 3 heterocycles. The monoisotopic (exact) mass is 290 g/mol. The van der Waals surface area contributed by atoms with Crippen LogP contribution in [0.4, 0.5) is 0 Å². The second kappa shape index (κ2) is 5.15. The average Bonchev–Trinajstić information content (AvgIpc) is 3.04. The van der Waals surface area contributed by atoms with E-state index in [1.807, 2.05) is 11.3 Å². The second-order valence-corrected chi connectivity index (χ2v) is 7.56. The number of hydrogen-bond acceptors (Lipinski definition) is 3. The number of hydrogen-bond donors (Lipinski definition) is 2. The van der Waals surface area contributed by atoms with E-state index in [9.17, 15) is 4.79 Å². The van der Waals surface area contributed by atoms with Gasteiger partial charge in [0.25, 0.3) is 0 Å². The van der Waals surface area contributed by atoms with Crippen LogP contribution < -0.4 is 10.6 Å². The van der Waals surface area contributed by atoms with Gasteiger partial charge in [-0.1, -0.05) is 0 Å². The molecule has 2 fully saturated rings.